The smallest absolute Gasteiger partial charge is 0.134 e. The molecule has 0 aliphatic heterocycles. The molecule has 114 valence electrons. The molecule has 4 rings (SSSR count). The van der Waals surface area contributed by atoms with Gasteiger partial charge in [0.2, 0.25) is 0 Å². The van der Waals surface area contributed by atoms with E-state index in [0.29, 0.717) is 22.8 Å². The summed E-state index contributed by atoms with van der Waals surface area (Å²) in [6.45, 7) is 2.30. The molecule has 2 nitrogen and oxygen atoms in total. The van der Waals surface area contributed by atoms with Crippen LogP contribution in [-0.4, -0.2) is 16.3 Å². The van der Waals surface area contributed by atoms with Gasteiger partial charge in [0.25, 0.3) is 0 Å². The number of hydrogen-bond acceptors (Lipinski definition) is 2. The molecule has 21 heavy (non-hydrogen) atoms. The normalized spacial score (nSPS) is 41.3. The summed E-state index contributed by atoms with van der Waals surface area (Å²) in [5, 5.41) is 20.8. The molecule has 1 aromatic carbocycles. The lowest BCUT2D eigenvalue weighted by Crippen LogP contribution is -2.43. The van der Waals surface area contributed by atoms with Crippen LogP contribution in [0.4, 0.5) is 0 Å². The molecular formula is C18H23ClO2. The van der Waals surface area contributed by atoms with Crippen molar-refractivity contribution in [3.8, 4) is 5.75 Å². The number of aromatic hydroxyl groups is 1. The largest absolute Gasteiger partial charge is 0.506 e. The number of fused-ring (bicyclic) bond motifs is 5. The highest BCUT2D eigenvalue weighted by atomic mass is 35.5. The minimum absolute atomic E-state index is 0.117. The van der Waals surface area contributed by atoms with Crippen LogP contribution in [0.25, 0.3) is 0 Å². The Labute approximate surface area is 131 Å². The number of benzene rings is 1. The molecule has 3 heteroatoms. The van der Waals surface area contributed by atoms with Gasteiger partial charge < -0.3 is 10.2 Å². The molecule has 5 unspecified atom stereocenters. The van der Waals surface area contributed by atoms with Crippen molar-refractivity contribution in [2.75, 3.05) is 0 Å². The maximum Gasteiger partial charge on any atom is 0.134 e. The summed E-state index contributed by atoms with van der Waals surface area (Å²) in [5.74, 6) is 2.10. The lowest BCUT2D eigenvalue weighted by molar-refractivity contribution is -0.0226. The van der Waals surface area contributed by atoms with Crippen LogP contribution in [0.3, 0.4) is 0 Å². The Morgan fingerprint density at radius 3 is 2.81 bits per heavy atom. The molecule has 0 heterocycles. The average molecular weight is 307 g/mol. The Morgan fingerprint density at radius 1 is 1.19 bits per heavy atom. The number of halogens is 1. The standard InChI is InChI=1S/C18H23ClO2/c1-18-9-8-11-10-4-6-15(20)17(19)13(10)3-2-12(11)14(18)5-7-16(18)21/h4,6,11-12,14,16,20-21H,2-3,5,7-9H2,1H3. The van der Waals surface area contributed by atoms with Gasteiger partial charge in [-0.3, -0.25) is 0 Å². The molecule has 3 aliphatic carbocycles. The monoisotopic (exact) mass is 306 g/mol. The van der Waals surface area contributed by atoms with E-state index in [2.05, 4.69) is 13.0 Å². The summed E-state index contributed by atoms with van der Waals surface area (Å²) >= 11 is 6.31. The maximum absolute atomic E-state index is 10.4. The summed E-state index contributed by atoms with van der Waals surface area (Å²) < 4.78 is 0. The van der Waals surface area contributed by atoms with Crippen LogP contribution >= 0.6 is 11.6 Å². The molecule has 2 fully saturated rings. The van der Waals surface area contributed by atoms with Crippen molar-refractivity contribution >= 4 is 11.6 Å². The van der Waals surface area contributed by atoms with E-state index in [-0.39, 0.29) is 17.3 Å². The highest BCUT2D eigenvalue weighted by Crippen LogP contribution is 2.61. The molecule has 0 amide bonds. The number of rotatable bonds is 0. The van der Waals surface area contributed by atoms with Crippen LogP contribution in [-0.2, 0) is 6.42 Å². The summed E-state index contributed by atoms with van der Waals surface area (Å²) in [7, 11) is 0. The van der Waals surface area contributed by atoms with Crippen molar-refractivity contribution in [2.45, 2.75) is 57.5 Å². The predicted molar refractivity (Wildman–Crippen MR) is 83.7 cm³/mol. The van der Waals surface area contributed by atoms with Gasteiger partial charge in [0.15, 0.2) is 0 Å². The number of aliphatic hydroxyl groups excluding tert-OH is 1. The minimum atomic E-state index is -0.117. The fourth-order valence-corrected chi connectivity index (χ4v) is 5.85. The quantitative estimate of drug-likeness (QED) is 0.752. The summed E-state index contributed by atoms with van der Waals surface area (Å²) in [5.41, 5.74) is 2.65. The van der Waals surface area contributed by atoms with E-state index >= 15 is 0 Å². The number of aliphatic hydroxyl groups is 1. The predicted octanol–water partition coefficient (Wildman–Crippen LogP) is 4.26. The van der Waals surface area contributed by atoms with Crippen LogP contribution in [0.2, 0.25) is 5.02 Å². The molecule has 2 saturated carbocycles. The third-order valence-corrected chi connectivity index (χ3v) is 7.20. The van der Waals surface area contributed by atoms with Gasteiger partial charge in [0.1, 0.15) is 5.75 Å². The molecule has 0 radical (unpaired) electrons. The van der Waals surface area contributed by atoms with Crippen LogP contribution in [0.1, 0.15) is 56.1 Å². The first-order valence-corrected chi connectivity index (χ1v) is 8.58. The topological polar surface area (TPSA) is 40.5 Å². The van der Waals surface area contributed by atoms with E-state index < -0.39 is 0 Å². The first-order chi connectivity index (χ1) is 10.0. The second-order valence-corrected chi connectivity index (χ2v) is 7.90. The van der Waals surface area contributed by atoms with Crippen LogP contribution in [0.15, 0.2) is 12.1 Å². The Balaban J connectivity index is 1.74. The highest BCUT2D eigenvalue weighted by molar-refractivity contribution is 6.32. The van der Waals surface area contributed by atoms with Crippen molar-refractivity contribution in [1.29, 1.82) is 0 Å². The number of phenolic OH excluding ortho intramolecular Hbond substituents is 1. The van der Waals surface area contributed by atoms with E-state index in [1.807, 2.05) is 0 Å². The lowest BCUT2D eigenvalue weighted by Gasteiger charge is -2.50. The third-order valence-electron chi connectivity index (χ3n) is 6.77. The van der Waals surface area contributed by atoms with Crippen molar-refractivity contribution in [1.82, 2.24) is 0 Å². The minimum Gasteiger partial charge on any atom is -0.506 e. The lowest BCUT2D eigenvalue weighted by atomic mass is 9.55. The van der Waals surface area contributed by atoms with Crippen molar-refractivity contribution < 1.29 is 10.2 Å². The van der Waals surface area contributed by atoms with Gasteiger partial charge in [-0.2, -0.15) is 0 Å². The molecule has 1 aromatic rings. The van der Waals surface area contributed by atoms with Crippen LogP contribution in [0, 0.1) is 17.3 Å². The Morgan fingerprint density at radius 2 is 2.00 bits per heavy atom. The van der Waals surface area contributed by atoms with E-state index in [1.165, 1.54) is 17.5 Å². The van der Waals surface area contributed by atoms with E-state index in [1.54, 1.807) is 6.07 Å². The Bertz CT molecular complexity index is 585. The van der Waals surface area contributed by atoms with E-state index in [4.69, 9.17) is 11.6 Å². The van der Waals surface area contributed by atoms with Gasteiger partial charge in [0.05, 0.1) is 11.1 Å². The fourth-order valence-electron chi connectivity index (χ4n) is 5.58. The zero-order chi connectivity index (χ0) is 14.8. The first kappa shape index (κ1) is 13.9. The molecule has 0 bridgehead atoms. The summed E-state index contributed by atoms with van der Waals surface area (Å²) in [6, 6.07) is 3.84. The maximum atomic E-state index is 10.4. The van der Waals surface area contributed by atoms with E-state index in [9.17, 15) is 10.2 Å². The molecular weight excluding hydrogens is 284 g/mol. The fraction of sp³-hybridized carbons (Fsp3) is 0.667. The summed E-state index contributed by atoms with van der Waals surface area (Å²) in [6.07, 6.45) is 6.38. The second-order valence-electron chi connectivity index (χ2n) is 7.52. The molecule has 0 spiro atoms. The Kier molecular flexibility index (Phi) is 3.07. The molecule has 5 atom stereocenters. The van der Waals surface area contributed by atoms with Gasteiger partial charge in [-0.1, -0.05) is 24.6 Å². The first-order valence-electron chi connectivity index (χ1n) is 8.20. The third kappa shape index (κ3) is 1.82. The zero-order valence-corrected chi connectivity index (χ0v) is 13.2. The SMILES string of the molecule is CC12CCC3c4ccc(O)c(Cl)c4CCC3C1CCC2O. The van der Waals surface area contributed by atoms with Gasteiger partial charge >= 0.3 is 0 Å². The Hall–Kier alpha value is -0.730. The zero-order valence-electron chi connectivity index (χ0n) is 12.5. The summed E-state index contributed by atoms with van der Waals surface area (Å²) in [4.78, 5) is 0. The molecule has 2 N–H and O–H groups in total. The van der Waals surface area contributed by atoms with Crippen molar-refractivity contribution in [3.63, 3.8) is 0 Å². The molecule has 3 aliphatic rings. The van der Waals surface area contributed by atoms with Crippen molar-refractivity contribution in [2.24, 2.45) is 17.3 Å². The number of phenols is 1. The van der Waals surface area contributed by atoms with Gasteiger partial charge in [-0.25, -0.2) is 0 Å². The van der Waals surface area contributed by atoms with Crippen LogP contribution in [0.5, 0.6) is 5.75 Å². The van der Waals surface area contributed by atoms with Gasteiger partial charge in [0, 0.05) is 0 Å². The highest BCUT2D eigenvalue weighted by Gasteiger charge is 2.54. The van der Waals surface area contributed by atoms with Crippen molar-refractivity contribution in [3.05, 3.63) is 28.3 Å². The second kappa shape index (κ2) is 4.63. The average Bonchev–Trinajstić information content (AvgIpc) is 2.78. The van der Waals surface area contributed by atoms with Gasteiger partial charge in [-0.05, 0) is 78.9 Å². The number of hydrogen-bond donors (Lipinski definition) is 2. The van der Waals surface area contributed by atoms with E-state index in [0.717, 1.165) is 32.1 Å². The van der Waals surface area contributed by atoms with Gasteiger partial charge in [-0.15, -0.1) is 0 Å². The molecule has 0 saturated heterocycles. The van der Waals surface area contributed by atoms with Crippen LogP contribution < -0.4 is 0 Å². The molecule has 0 aromatic heterocycles.